The van der Waals surface area contributed by atoms with Gasteiger partial charge in [0.2, 0.25) is 0 Å². The Balaban J connectivity index is 1.26. The molecule has 4 aromatic rings. The molecule has 0 radical (unpaired) electrons. The van der Waals surface area contributed by atoms with E-state index in [0.29, 0.717) is 21.5 Å². The summed E-state index contributed by atoms with van der Waals surface area (Å²) in [7, 11) is 0. The van der Waals surface area contributed by atoms with Gasteiger partial charge in [0.1, 0.15) is 12.4 Å². The van der Waals surface area contributed by atoms with E-state index in [1.807, 2.05) is 36.4 Å². The number of nitro benzene ring substituents is 1. The fourth-order valence-electron chi connectivity index (χ4n) is 3.72. The van der Waals surface area contributed by atoms with E-state index in [0.717, 1.165) is 16.9 Å². The van der Waals surface area contributed by atoms with Crippen LogP contribution in [-0.4, -0.2) is 15.2 Å². The van der Waals surface area contributed by atoms with Gasteiger partial charge in [-0.3, -0.25) is 19.8 Å². The van der Waals surface area contributed by atoms with Crippen molar-refractivity contribution in [3.8, 4) is 5.75 Å². The van der Waals surface area contributed by atoms with E-state index in [9.17, 15) is 14.9 Å². The molecule has 0 saturated carbocycles. The lowest BCUT2D eigenvalue weighted by Crippen LogP contribution is -2.27. The Morgan fingerprint density at radius 2 is 1.66 bits per heavy atom. The number of amides is 1. The van der Waals surface area contributed by atoms with Gasteiger partial charge in [0.15, 0.2) is 4.32 Å². The molecule has 0 atom stereocenters. The van der Waals surface area contributed by atoms with Crippen molar-refractivity contribution >= 4 is 62.4 Å². The van der Waals surface area contributed by atoms with Gasteiger partial charge in [-0.05, 0) is 58.3 Å². The molecule has 1 amide bonds. The van der Waals surface area contributed by atoms with Crippen LogP contribution in [0.1, 0.15) is 11.1 Å². The van der Waals surface area contributed by atoms with Crippen LogP contribution in [0.25, 0.3) is 16.8 Å². The van der Waals surface area contributed by atoms with Crippen LogP contribution < -0.4 is 9.64 Å². The topological polar surface area (TPSA) is 72.7 Å². The first kappa shape index (κ1) is 22.8. The highest BCUT2D eigenvalue weighted by Gasteiger charge is 2.33. The molecule has 0 unspecified atom stereocenters. The summed E-state index contributed by atoms with van der Waals surface area (Å²) in [6.45, 7) is 0.456. The summed E-state index contributed by atoms with van der Waals surface area (Å²) in [5.74, 6) is 0.472. The van der Waals surface area contributed by atoms with Crippen LogP contribution in [-0.2, 0) is 11.4 Å². The highest BCUT2D eigenvalue weighted by atomic mass is 32.2. The summed E-state index contributed by atoms with van der Waals surface area (Å²) in [6.07, 6.45) is 1.78. The number of thiocarbonyl (C=S) groups is 1. The third-order valence-corrected chi connectivity index (χ3v) is 6.81. The van der Waals surface area contributed by atoms with E-state index in [4.69, 9.17) is 17.0 Å². The number of carbonyl (C=O) groups excluding carboxylic acids is 1. The second-order valence-electron chi connectivity index (χ2n) is 7.83. The minimum absolute atomic E-state index is 0.0438. The van der Waals surface area contributed by atoms with Crippen molar-refractivity contribution in [2.75, 3.05) is 4.90 Å². The Morgan fingerprint density at radius 1 is 0.943 bits per heavy atom. The van der Waals surface area contributed by atoms with Crippen LogP contribution in [0, 0.1) is 10.1 Å². The second kappa shape index (κ2) is 9.69. The van der Waals surface area contributed by atoms with Crippen molar-refractivity contribution in [2.24, 2.45) is 0 Å². The van der Waals surface area contributed by atoms with Crippen LogP contribution >= 0.6 is 24.0 Å². The van der Waals surface area contributed by atoms with Crippen molar-refractivity contribution in [2.45, 2.75) is 6.61 Å². The van der Waals surface area contributed by atoms with Crippen molar-refractivity contribution in [1.82, 2.24) is 0 Å². The molecule has 6 nitrogen and oxygen atoms in total. The van der Waals surface area contributed by atoms with E-state index < -0.39 is 4.92 Å². The number of anilines is 1. The van der Waals surface area contributed by atoms with Gasteiger partial charge < -0.3 is 4.74 Å². The summed E-state index contributed by atoms with van der Waals surface area (Å²) in [5, 5.41) is 13.2. The lowest BCUT2D eigenvalue weighted by molar-refractivity contribution is -0.384. The Bertz CT molecular complexity index is 1480. The Hall–Kier alpha value is -4.01. The van der Waals surface area contributed by atoms with Crippen LogP contribution in [0.2, 0.25) is 0 Å². The summed E-state index contributed by atoms with van der Waals surface area (Å²) < 4.78 is 6.32. The minimum Gasteiger partial charge on any atom is -0.489 e. The maximum absolute atomic E-state index is 12.9. The summed E-state index contributed by atoms with van der Waals surface area (Å²) in [5.41, 5.74) is 2.38. The maximum Gasteiger partial charge on any atom is 0.270 e. The van der Waals surface area contributed by atoms with Crippen LogP contribution in [0.3, 0.4) is 0 Å². The van der Waals surface area contributed by atoms with Crippen LogP contribution in [0.5, 0.6) is 5.75 Å². The molecule has 1 aliphatic rings. The summed E-state index contributed by atoms with van der Waals surface area (Å²) >= 11 is 6.58. The van der Waals surface area contributed by atoms with Gasteiger partial charge in [-0.1, -0.05) is 72.5 Å². The van der Waals surface area contributed by atoms with Gasteiger partial charge in [0.25, 0.3) is 11.6 Å². The molecule has 0 bridgehead atoms. The zero-order chi connectivity index (χ0) is 24.4. The first-order valence-electron chi connectivity index (χ1n) is 10.7. The standard InChI is InChI=1S/C27H18N2O4S2/c30-26-25(35-27(34)28(26)22-9-11-23(12-10-22)29(31)32)16-18-6-13-24(14-7-18)33-17-19-5-8-20-3-1-2-4-21(20)15-19/h1-16H,17H2/b25-16+. The predicted octanol–water partition coefficient (Wildman–Crippen LogP) is 6.73. The number of non-ortho nitro benzene ring substituents is 1. The molecule has 35 heavy (non-hydrogen) atoms. The number of hydrogen-bond donors (Lipinski definition) is 0. The first-order valence-corrected chi connectivity index (χ1v) is 11.9. The zero-order valence-electron chi connectivity index (χ0n) is 18.3. The quantitative estimate of drug-likeness (QED) is 0.127. The smallest absolute Gasteiger partial charge is 0.270 e. The molecule has 0 spiro atoms. The number of nitrogens with zero attached hydrogens (tertiary/aromatic N) is 2. The number of carbonyl (C=O) groups is 1. The normalized spacial score (nSPS) is 14.6. The van der Waals surface area contributed by atoms with E-state index in [2.05, 4.69) is 30.3 Å². The van der Waals surface area contributed by atoms with E-state index in [1.54, 1.807) is 6.08 Å². The van der Waals surface area contributed by atoms with Gasteiger partial charge in [-0.2, -0.15) is 0 Å². The fraction of sp³-hybridized carbons (Fsp3) is 0.0370. The third-order valence-electron chi connectivity index (χ3n) is 5.51. The summed E-state index contributed by atoms with van der Waals surface area (Å²) in [6, 6.07) is 27.7. The molecule has 1 heterocycles. The average Bonchev–Trinajstić information content (AvgIpc) is 3.15. The van der Waals surface area contributed by atoms with Crippen molar-refractivity contribution < 1.29 is 14.5 Å². The molecule has 0 aliphatic carbocycles. The van der Waals surface area contributed by atoms with Crippen molar-refractivity contribution in [3.63, 3.8) is 0 Å². The lowest BCUT2D eigenvalue weighted by atomic mass is 10.1. The van der Waals surface area contributed by atoms with Gasteiger partial charge in [0.05, 0.1) is 15.5 Å². The fourth-order valence-corrected chi connectivity index (χ4v) is 5.02. The molecule has 1 saturated heterocycles. The van der Waals surface area contributed by atoms with E-state index >= 15 is 0 Å². The summed E-state index contributed by atoms with van der Waals surface area (Å²) in [4.78, 5) is 25.2. The molecule has 5 rings (SSSR count). The lowest BCUT2D eigenvalue weighted by Gasteiger charge is -2.13. The molecule has 8 heteroatoms. The first-order chi connectivity index (χ1) is 17.0. The maximum atomic E-state index is 12.9. The molecule has 4 aromatic carbocycles. The largest absolute Gasteiger partial charge is 0.489 e. The molecule has 0 aromatic heterocycles. The number of nitro groups is 1. The van der Waals surface area contributed by atoms with Gasteiger partial charge in [-0.15, -0.1) is 0 Å². The molecule has 1 fully saturated rings. The van der Waals surface area contributed by atoms with Crippen LogP contribution in [0.15, 0.2) is 95.9 Å². The molecule has 0 N–H and O–H groups in total. The number of fused-ring (bicyclic) bond motifs is 1. The van der Waals surface area contributed by atoms with Gasteiger partial charge in [-0.25, -0.2) is 0 Å². The molecule has 1 aliphatic heterocycles. The number of thioether (sulfide) groups is 1. The Kier molecular flexibility index (Phi) is 6.31. The highest BCUT2D eigenvalue weighted by molar-refractivity contribution is 8.27. The number of rotatable bonds is 6. The average molecular weight is 499 g/mol. The van der Waals surface area contributed by atoms with Crippen LogP contribution in [0.4, 0.5) is 11.4 Å². The van der Waals surface area contributed by atoms with Gasteiger partial charge >= 0.3 is 0 Å². The van der Waals surface area contributed by atoms with Crippen molar-refractivity contribution in [1.29, 1.82) is 0 Å². The third kappa shape index (κ3) is 4.94. The van der Waals surface area contributed by atoms with E-state index in [-0.39, 0.29) is 11.6 Å². The SMILES string of the molecule is O=C1/C(=C\c2ccc(OCc3ccc4ccccc4c3)cc2)SC(=S)N1c1ccc([N+](=O)[O-])cc1. The molecule has 172 valence electrons. The molecular weight excluding hydrogens is 480 g/mol. The number of hydrogen-bond acceptors (Lipinski definition) is 6. The zero-order valence-corrected chi connectivity index (χ0v) is 19.9. The van der Waals surface area contributed by atoms with Crippen molar-refractivity contribution in [3.05, 3.63) is 117 Å². The monoisotopic (exact) mass is 498 g/mol. The predicted molar refractivity (Wildman–Crippen MR) is 143 cm³/mol. The Morgan fingerprint density at radius 3 is 2.37 bits per heavy atom. The minimum atomic E-state index is -0.483. The highest BCUT2D eigenvalue weighted by Crippen LogP contribution is 2.36. The number of benzene rings is 4. The van der Waals surface area contributed by atoms with Gasteiger partial charge in [0, 0.05) is 12.1 Å². The number of ether oxygens (including phenoxy) is 1. The van der Waals surface area contributed by atoms with E-state index in [1.165, 1.54) is 51.7 Å². The Labute approximate surface area is 211 Å². The molecular formula is C27H18N2O4S2. The second-order valence-corrected chi connectivity index (χ2v) is 9.51.